The number of ketones is 1. The molecule has 0 fully saturated rings. The summed E-state index contributed by atoms with van der Waals surface area (Å²) in [5, 5.41) is 7.91. The molecule has 8 heteroatoms. The van der Waals surface area contributed by atoms with Crippen molar-refractivity contribution in [2.45, 2.75) is 8.68 Å². The van der Waals surface area contributed by atoms with Crippen LogP contribution < -0.4 is 4.74 Å². The minimum atomic E-state index is -0.538. The Morgan fingerprint density at radius 2 is 2.15 bits per heavy atom. The minimum absolute atomic E-state index is 0.128. The zero-order chi connectivity index (χ0) is 14.5. The molecule has 2 aromatic rings. The van der Waals surface area contributed by atoms with Crippen LogP contribution >= 0.6 is 34.9 Å². The molecule has 0 aliphatic carbocycles. The summed E-state index contributed by atoms with van der Waals surface area (Å²) in [5.74, 6) is -0.362. The number of methoxy groups -OCH3 is 1. The van der Waals surface area contributed by atoms with Gasteiger partial charge in [0.25, 0.3) is 0 Å². The lowest BCUT2D eigenvalue weighted by Gasteiger charge is -2.03. The van der Waals surface area contributed by atoms with E-state index in [0.29, 0.717) is 5.56 Å². The van der Waals surface area contributed by atoms with Crippen LogP contribution in [0.4, 0.5) is 4.39 Å². The fourth-order valence-electron chi connectivity index (χ4n) is 1.39. The van der Waals surface area contributed by atoms with Crippen molar-refractivity contribution in [1.29, 1.82) is 0 Å². The maximum Gasteiger partial charge on any atom is 0.175 e. The summed E-state index contributed by atoms with van der Waals surface area (Å²) in [6, 6.07) is 4.19. The van der Waals surface area contributed by atoms with Gasteiger partial charge >= 0.3 is 0 Å². The number of carbonyl (C=O) groups excluding carboxylic acids is 1. The maximum atomic E-state index is 13.5. The maximum absolute atomic E-state index is 13.5. The van der Waals surface area contributed by atoms with Crippen LogP contribution in [-0.4, -0.2) is 35.1 Å². The van der Waals surface area contributed by atoms with Gasteiger partial charge in [0.05, 0.1) is 12.9 Å². The Balaban J connectivity index is 1.99. The molecule has 0 saturated carbocycles. The van der Waals surface area contributed by atoms with Crippen molar-refractivity contribution in [1.82, 2.24) is 10.2 Å². The first-order chi connectivity index (χ1) is 9.63. The van der Waals surface area contributed by atoms with Crippen molar-refractivity contribution in [2.75, 3.05) is 19.1 Å². The van der Waals surface area contributed by atoms with E-state index in [9.17, 15) is 9.18 Å². The van der Waals surface area contributed by atoms with E-state index in [1.54, 1.807) is 6.07 Å². The smallest absolute Gasteiger partial charge is 0.175 e. The topological polar surface area (TPSA) is 52.1 Å². The van der Waals surface area contributed by atoms with Crippen LogP contribution in [0.5, 0.6) is 5.75 Å². The van der Waals surface area contributed by atoms with Crippen LogP contribution in [0.2, 0.25) is 0 Å². The average Bonchev–Trinajstić information content (AvgIpc) is 2.92. The fourth-order valence-corrected chi connectivity index (χ4v) is 3.72. The van der Waals surface area contributed by atoms with Crippen LogP contribution in [0.15, 0.2) is 26.9 Å². The summed E-state index contributed by atoms with van der Waals surface area (Å²) >= 11 is 4.25. The lowest BCUT2D eigenvalue weighted by Crippen LogP contribution is -2.03. The molecule has 0 unspecified atom stereocenters. The van der Waals surface area contributed by atoms with Gasteiger partial charge in [0.15, 0.2) is 26.0 Å². The van der Waals surface area contributed by atoms with Crippen LogP contribution in [0, 0.1) is 5.82 Å². The van der Waals surface area contributed by atoms with Crippen molar-refractivity contribution < 1.29 is 13.9 Å². The SMILES string of the molecule is COc1ccc(C(=O)CSc2nnc(SC)s2)cc1F. The Bertz CT molecular complexity index is 618. The molecule has 0 aliphatic heterocycles. The van der Waals surface area contributed by atoms with Gasteiger partial charge in [0.1, 0.15) is 0 Å². The number of nitrogens with zero attached hydrogens (tertiary/aromatic N) is 2. The Kier molecular flexibility index (Phi) is 5.38. The van der Waals surface area contributed by atoms with E-state index in [2.05, 4.69) is 10.2 Å². The van der Waals surface area contributed by atoms with Crippen molar-refractivity contribution in [3.63, 3.8) is 0 Å². The number of carbonyl (C=O) groups is 1. The number of hydrogen-bond donors (Lipinski definition) is 0. The predicted octanol–water partition coefficient (Wildman–Crippen LogP) is 3.38. The van der Waals surface area contributed by atoms with Crippen LogP contribution in [0.1, 0.15) is 10.4 Å². The van der Waals surface area contributed by atoms with Crippen molar-refractivity contribution in [3.05, 3.63) is 29.6 Å². The molecule has 20 heavy (non-hydrogen) atoms. The third kappa shape index (κ3) is 3.71. The summed E-state index contributed by atoms with van der Waals surface area (Å²) < 4.78 is 19.9. The molecule has 2 rings (SSSR count). The average molecular weight is 330 g/mol. The molecule has 1 heterocycles. The van der Waals surface area contributed by atoms with Crippen LogP contribution in [-0.2, 0) is 0 Å². The highest BCUT2D eigenvalue weighted by Crippen LogP contribution is 2.28. The monoisotopic (exact) mass is 330 g/mol. The van der Waals surface area contributed by atoms with Gasteiger partial charge in [-0.05, 0) is 24.5 Å². The van der Waals surface area contributed by atoms with Gasteiger partial charge in [-0.2, -0.15) is 0 Å². The molecule has 0 atom stereocenters. The predicted molar refractivity (Wildman–Crippen MR) is 79.7 cm³/mol. The van der Waals surface area contributed by atoms with Crippen molar-refractivity contribution in [2.24, 2.45) is 0 Å². The summed E-state index contributed by atoms with van der Waals surface area (Å²) in [7, 11) is 1.38. The molecule has 0 amide bonds. The van der Waals surface area contributed by atoms with Crippen molar-refractivity contribution >= 4 is 40.6 Å². The largest absolute Gasteiger partial charge is 0.494 e. The van der Waals surface area contributed by atoms with Gasteiger partial charge in [0, 0.05) is 5.56 Å². The highest BCUT2D eigenvalue weighted by Gasteiger charge is 2.12. The van der Waals surface area contributed by atoms with E-state index in [1.807, 2.05) is 6.26 Å². The van der Waals surface area contributed by atoms with Gasteiger partial charge in [-0.25, -0.2) is 4.39 Å². The first-order valence-corrected chi connectivity index (χ1v) is 8.53. The van der Waals surface area contributed by atoms with Gasteiger partial charge in [-0.1, -0.05) is 34.9 Å². The Morgan fingerprint density at radius 1 is 1.40 bits per heavy atom. The number of benzene rings is 1. The van der Waals surface area contributed by atoms with E-state index < -0.39 is 5.82 Å². The van der Waals surface area contributed by atoms with E-state index >= 15 is 0 Å². The highest BCUT2D eigenvalue weighted by molar-refractivity contribution is 8.03. The minimum Gasteiger partial charge on any atom is -0.494 e. The second-order valence-corrected chi connectivity index (χ2v) is 6.85. The second kappa shape index (κ2) is 7.05. The quantitative estimate of drug-likeness (QED) is 0.598. The van der Waals surface area contributed by atoms with Gasteiger partial charge in [0.2, 0.25) is 0 Å². The highest BCUT2D eigenvalue weighted by atomic mass is 32.2. The lowest BCUT2D eigenvalue weighted by atomic mass is 10.1. The molecule has 1 aromatic heterocycles. The van der Waals surface area contributed by atoms with E-state index in [4.69, 9.17) is 4.74 Å². The van der Waals surface area contributed by atoms with Crippen molar-refractivity contribution in [3.8, 4) is 5.75 Å². The number of halogens is 1. The Hall–Kier alpha value is -1.12. The summed E-state index contributed by atoms with van der Waals surface area (Å²) in [6.45, 7) is 0. The van der Waals surface area contributed by atoms with Gasteiger partial charge in [-0.15, -0.1) is 10.2 Å². The zero-order valence-corrected chi connectivity index (χ0v) is 13.2. The zero-order valence-electron chi connectivity index (χ0n) is 10.8. The van der Waals surface area contributed by atoms with E-state index in [-0.39, 0.29) is 17.3 Å². The molecular weight excluding hydrogens is 319 g/mol. The van der Waals surface area contributed by atoms with E-state index in [0.717, 1.165) is 8.68 Å². The third-order valence-electron chi connectivity index (χ3n) is 2.36. The molecule has 4 nitrogen and oxygen atoms in total. The fraction of sp³-hybridized carbons (Fsp3) is 0.250. The molecular formula is C12H11FN2O2S3. The number of ether oxygens (including phenoxy) is 1. The van der Waals surface area contributed by atoms with E-state index in [1.165, 1.54) is 54.1 Å². The Morgan fingerprint density at radius 3 is 2.75 bits per heavy atom. The van der Waals surface area contributed by atoms with Crippen LogP contribution in [0.3, 0.4) is 0 Å². The summed E-state index contributed by atoms with van der Waals surface area (Å²) in [5.41, 5.74) is 0.324. The second-order valence-electron chi connectivity index (χ2n) is 3.60. The third-order valence-corrected chi connectivity index (χ3v) is 5.40. The lowest BCUT2D eigenvalue weighted by molar-refractivity contribution is 0.102. The molecule has 0 saturated heterocycles. The molecule has 0 N–H and O–H groups in total. The van der Waals surface area contributed by atoms with Crippen LogP contribution in [0.25, 0.3) is 0 Å². The molecule has 106 valence electrons. The molecule has 0 bridgehead atoms. The first kappa shape index (κ1) is 15.3. The molecule has 1 aromatic carbocycles. The van der Waals surface area contributed by atoms with Gasteiger partial charge in [-0.3, -0.25) is 4.79 Å². The molecule has 0 spiro atoms. The number of Topliss-reactive ketones (excluding diaryl/α,β-unsaturated/α-hetero) is 1. The number of aromatic nitrogens is 2. The summed E-state index contributed by atoms with van der Waals surface area (Å²) in [4.78, 5) is 12.0. The molecule has 0 aliphatic rings. The molecule has 0 radical (unpaired) electrons. The first-order valence-electron chi connectivity index (χ1n) is 5.51. The normalized spacial score (nSPS) is 10.6. The number of rotatable bonds is 6. The standard InChI is InChI=1S/C12H11FN2O2S3/c1-17-10-4-3-7(5-8(10)13)9(16)6-19-12-15-14-11(18-2)20-12/h3-5H,6H2,1-2H3. The Labute approximate surface area is 128 Å². The number of hydrogen-bond acceptors (Lipinski definition) is 7. The summed E-state index contributed by atoms with van der Waals surface area (Å²) in [6.07, 6.45) is 1.92. The van der Waals surface area contributed by atoms with Gasteiger partial charge < -0.3 is 4.74 Å². The number of thioether (sulfide) groups is 2.